The maximum absolute atomic E-state index is 13.4. The van der Waals surface area contributed by atoms with E-state index in [4.69, 9.17) is 16.3 Å². The van der Waals surface area contributed by atoms with Gasteiger partial charge in [0.2, 0.25) is 5.95 Å². The number of anilines is 2. The number of aryl methyl sites for hydroxylation is 1. The van der Waals surface area contributed by atoms with Gasteiger partial charge >= 0.3 is 0 Å². The Balaban J connectivity index is 1.26. The van der Waals surface area contributed by atoms with Gasteiger partial charge in [0.15, 0.2) is 17.1 Å². The van der Waals surface area contributed by atoms with Crippen molar-refractivity contribution >= 4 is 39.9 Å². The first-order valence-corrected chi connectivity index (χ1v) is 12.7. The molecular formula is C26H24ClN7O3. The third-order valence-electron chi connectivity index (χ3n) is 7.34. The Labute approximate surface area is 216 Å². The maximum atomic E-state index is 13.4. The van der Waals surface area contributed by atoms with E-state index >= 15 is 0 Å². The minimum Gasteiger partial charge on any atom is -0.450 e. The molecule has 7 rings (SSSR count). The van der Waals surface area contributed by atoms with Crippen molar-refractivity contribution in [3.8, 4) is 11.5 Å². The fourth-order valence-electron chi connectivity index (χ4n) is 4.91. The molecule has 10 nitrogen and oxygen atoms in total. The van der Waals surface area contributed by atoms with Gasteiger partial charge in [-0.3, -0.25) is 4.79 Å². The Morgan fingerprint density at radius 3 is 2.78 bits per heavy atom. The minimum absolute atomic E-state index is 0.184. The van der Waals surface area contributed by atoms with Crippen LogP contribution in [0.1, 0.15) is 43.2 Å². The van der Waals surface area contributed by atoms with Crippen molar-refractivity contribution in [3.05, 3.63) is 70.0 Å². The van der Waals surface area contributed by atoms with Gasteiger partial charge in [-0.2, -0.15) is 10.1 Å². The molecule has 0 aromatic carbocycles. The fraction of sp³-hybridized carbons (Fsp3) is 0.308. The molecule has 188 valence electrons. The summed E-state index contributed by atoms with van der Waals surface area (Å²) in [6.45, 7) is 0. The van der Waals surface area contributed by atoms with Crippen molar-refractivity contribution in [2.75, 3.05) is 5.32 Å². The lowest BCUT2D eigenvalue weighted by Gasteiger charge is -2.34. The lowest BCUT2D eigenvalue weighted by Crippen LogP contribution is -2.39. The summed E-state index contributed by atoms with van der Waals surface area (Å²) in [7, 11) is 1.81. The first kappa shape index (κ1) is 22.3. The van der Waals surface area contributed by atoms with Crippen molar-refractivity contribution in [1.29, 1.82) is 0 Å². The number of aliphatic hydroxyl groups is 1. The maximum Gasteiger partial charge on any atom is 0.274 e. The summed E-state index contributed by atoms with van der Waals surface area (Å²) in [4.78, 5) is 22.4. The number of imidazole rings is 1. The molecule has 2 aliphatic carbocycles. The van der Waals surface area contributed by atoms with Crippen LogP contribution in [0.15, 0.2) is 53.8 Å². The largest absolute Gasteiger partial charge is 0.450 e. The highest BCUT2D eigenvalue weighted by Gasteiger charge is 2.33. The average Bonchev–Trinajstić information content (AvgIpc) is 3.59. The summed E-state index contributed by atoms with van der Waals surface area (Å²) in [5, 5.41) is 18.1. The van der Waals surface area contributed by atoms with Crippen molar-refractivity contribution in [2.24, 2.45) is 7.05 Å². The quantitative estimate of drug-likeness (QED) is 0.340. The monoisotopic (exact) mass is 517 g/mol. The minimum atomic E-state index is -0.495. The molecule has 5 aromatic heterocycles. The van der Waals surface area contributed by atoms with Crippen LogP contribution < -0.4 is 15.6 Å². The summed E-state index contributed by atoms with van der Waals surface area (Å²) < 4.78 is 11.2. The highest BCUT2D eigenvalue weighted by Crippen LogP contribution is 2.42. The van der Waals surface area contributed by atoms with E-state index in [-0.39, 0.29) is 11.6 Å². The van der Waals surface area contributed by atoms with Crippen LogP contribution >= 0.6 is 11.6 Å². The molecule has 2 N–H and O–H groups in total. The number of hydrogen-bond acceptors (Lipinski definition) is 7. The van der Waals surface area contributed by atoms with Gasteiger partial charge in [0.05, 0.1) is 24.5 Å². The standard InChI is InChI=1S/C26H24ClN7O3/c1-32-23-22(27)21(37-20-12-29-34-9-3-2-4-18(20)34)11-28-24(23)31-26(32)30-16-10-15(14-5-6-14)13-33(25(16)36)17-7-8-19(17)35/h2-4,9-14,17,19,35H,5-8H2,1H3,(H,28,30,31)/t17-,19?/m0/s1. The Kier molecular flexibility index (Phi) is 5.02. The van der Waals surface area contributed by atoms with Crippen LogP contribution in [0.25, 0.3) is 16.7 Å². The molecule has 0 aliphatic heterocycles. The molecule has 1 unspecified atom stereocenters. The van der Waals surface area contributed by atoms with E-state index in [1.54, 1.807) is 19.8 Å². The third kappa shape index (κ3) is 3.67. The van der Waals surface area contributed by atoms with Crippen molar-refractivity contribution in [1.82, 2.24) is 28.7 Å². The van der Waals surface area contributed by atoms with Crippen LogP contribution in [-0.2, 0) is 7.05 Å². The summed E-state index contributed by atoms with van der Waals surface area (Å²) in [6.07, 6.45) is 10.1. The van der Waals surface area contributed by atoms with Crippen molar-refractivity contribution in [3.63, 3.8) is 0 Å². The number of ether oxygens (including phenoxy) is 1. The van der Waals surface area contributed by atoms with Gasteiger partial charge < -0.3 is 24.3 Å². The number of aliphatic hydroxyl groups excluding tert-OH is 1. The lowest BCUT2D eigenvalue weighted by atomic mass is 9.88. The predicted octanol–water partition coefficient (Wildman–Crippen LogP) is 4.54. The molecule has 0 bridgehead atoms. The van der Waals surface area contributed by atoms with Crippen LogP contribution in [-0.4, -0.2) is 39.9 Å². The van der Waals surface area contributed by atoms with Crippen molar-refractivity contribution in [2.45, 2.75) is 43.7 Å². The second-order valence-electron chi connectivity index (χ2n) is 9.76. The normalized spacial score (nSPS) is 19.3. The Morgan fingerprint density at radius 1 is 1.16 bits per heavy atom. The molecule has 37 heavy (non-hydrogen) atoms. The van der Waals surface area contributed by atoms with Crippen LogP contribution in [0, 0.1) is 0 Å². The van der Waals surface area contributed by atoms with Crippen LogP contribution in [0.3, 0.4) is 0 Å². The highest BCUT2D eigenvalue weighted by atomic mass is 35.5. The molecular weight excluding hydrogens is 494 g/mol. The smallest absolute Gasteiger partial charge is 0.274 e. The highest BCUT2D eigenvalue weighted by molar-refractivity contribution is 6.36. The zero-order valence-electron chi connectivity index (χ0n) is 20.0. The Bertz CT molecular complexity index is 1740. The molecule has 2 fully saturated rings. The van der Waals surface area contributed by atoms with Gasteiger partial charge in [0.25, 0.3) is 5.56 Å². The average molecular weight is 518 g/mol. The number of halogens is 1. The van der Waals surface area contributed by atoms with Crippen LogP contribution in [0.5, 0.6) is 11.5 Å². The molecule has 0 spiro atoms. The van der Waals surface area contributed by atoms with E-state index in [2.05, 4.69) is 20.4 Å². The van der Waals surface area contributed by atoms with E-state index in [1.807, 2.05) is 43.7 Å². The zero-order chi connectivity index (χ0) is 25.3. The van der Waals surface area contributed by atoms with Crippen LogP contribution in [0.4, 0.5) is 11.6 Å². The number of nitrogens with one attached hydrogen (secondary N) is 1. The predicted molar refractivity (Wildman–Crippen MR) is 139 cm³/mol. The third-order valence-corrected chi connectivity index (χ3v) is 7.70. The summed E-state index contributed by atoms with van der Waals surface area (Å²) in [5.74, 6) is 1.81. The van der Waals surface area contributed by atoms with E-state index < -0.39 is 6.10 Å². The zero-order valence-corrected chi connectivity index (χ0v) is 20.8. The Hall–Kier alpha value is -3.89. The van der Waals surface area contributed by atoms with Gasteiger partial charge in [-0.1, -0.05) is 17.7 Å². The lowest BCUT2D eigenvalue weighted by molar-refractivity contribution is 0.0299. The number of hydrogen-bond donors (Lipinski definition) is 2. The van der Waals surface area contributed by atoms with Gasteiger partial charge in [-0.25, -0.2) is 9.50 Å². The number of fused-ring (bicyclic) bond motifs is 2. The molecule has 11 heteroatoms. The SMILES string of the molecule is Cn1c(Nc2cc(C3CC3)cn([C@H]3CCC3O)c2=O)nc2ncc(Oc3cnn4ccccc34)c(Cl)c21. The molecule has 0 saturated heterocycles. The first-order valence-electron chi connectivity index (χ1n) is 12.3. The summed E-state index contributed by atoms with van der Waals surface area (Å²) >= 11 is 6.77. The van der Waals surface area contributed by atoms with Gasteiger partial charge in [-0.05, 0) is 55.4 Å². The number of nitrogens with zero attached hydrogens (tertiary/aromatic N) is 6. The molecule has 0 radical (unpaired) electrons. The Morgan fingerprint density at radius 2 is 2.03 bits per heavy atom. The van der Waals surface area contributed by atoms with E-state index in [1.165, 1.54) is 6.20 Å². The van der Waals surface area contributed by atoms with Gasteiger partial charge in [0.1, 0.15) is 21.7 Å². The summed E-state index contributed by atoms with van der Waals surface area (Å²) in [6, 6.07) is 7.40. The molecule has 2 aliphatic rings. The molecule has 5 heterocycles. The molecule has 0 amide bonds. The van der Waals surface area contributed by atoms with Gasteiger partial charge in [0, 0.05) is 19.4 Å². The first-order chi connectivity index (χ1) is 18.0. The fourth-order valence-corrected chi connectivity index (χ4v) is 5.21. The molecule has 2 saturated carbocycles. The second-order valence-corrected chi connectivity index (χ2v) is 10.1. The van der Waals surface area contributed by atoms with Crippen LogP contribution in [0.2, 0.25) is 5.02 Å². The molecule has 5 aromatic rings. The van der Waals surface area contributed by atoms with E-state index in [0.717, 1.165) is 30.3 Å². The van der Waals surface area contributed by atoms with E-state index in [0.29, 0.717) is 51.7 Å². The van der Waals surface area contributed by atoms with E-state index in [9.17, 15) is 9.90 Å². The topological polar surface area (TPSA) is 112 Å². The molecule has 2 atom stereocenters. The van der Waals surface area contributed by atoms with Gasteiger partial charge in [-0.15, -0.1) is 0 Å². The number of aromatic nitrogens is 6. The van der Waals surface area contributed by atoms with Crippen molar-refractivity contribution < 1.29 is 9.84 Å². The number of pyridine rings is 3. The summed E-state index contributed by atoms with van der Waals surface area (Å²) in [5.41, 5.74) is 3.13. The number of rotatable bonds is 6. The second kappa shape index (κ2) is 8.32.